The Kier molecular flexibility index (Phi) is 3.44. The van der Waals surface area contributed by atoms with E-state index in [0.717, 1.165) is 10.3 Å². The van der Waals surface area contributed by atoms with Gasteiger partial charge in [-0.2, -0.15) is 0 Å². The SMILES string of the molecule is CC1(c2cc3ccccc3o2)NC(=O)N(Cc2cc(=O)n3ccsc3n2)C1=O. The fraction of sp³-hybridized carbons (Fsp3) is 0.158. The molecule has 0 radical (unpaired) electrons. The van der Waals surface area contributed by atoms with E-state index in [1.54, 1.807) is 30.6 Å². The summed E-state index contributed by atoms with van der Waals surface area (Å²) in [5.74, 6) is -0.0963. The van der Waals surface area contributed by atoms with Crippen molar-refractivity contribution >= 4 is 39.2 Å². The van der Waals surface area contributed by atoms with Crippen molar-refractivity contribution in [2.45, 2.75) is 19.0 Å². The number of aromatic nitrogens is 2. The third kappa shape index (κ3) is 2.36. The number of furan rings is 1. The monoisotopic (exact) mass is 394 g/mol. The van der Waals surface area contributed by atoms with E-state index >= 15 is 0 Å². The predicted molar refractivity (Wildman–Crippen MR) is 102 cm³/mol. The van der Waals surface area contributed by atoms with Gasteiger partial charge in [0, 0.05) is 23.0 Å². The number of benzene rings is 1. The summed E-state index contributed by atoms with van der Waals surface area (Å²) in [6.45, 7) is 1.51. The molecule has 0 spiro atoms. The molecule has 0 bridgehead atoms. The van der Waals surface area contributed by atoms with Crippen LogP contribution >= 0.6 is 11.3 Å². The molecule has 1 atom stereocenters. The molecule has 1 aliphatic rings. The summed E-state index contributed by atoms with van der Waals surface area (Å²) in [6.07, 6.45) is 1.63. The fourth-order valence-electron chi connectivity index (χ4n) is 3.37. The van der Waals surface area contributed by atoms with Crippen LogP contribution in [0, 0.1) is 0 Å². The number of carbonyl (C=O) groups excluding carboxylic acids is 2. The van der Waals surface area contributed by atoms with E-state index in [4.69, 9.17) is 4.42 Å². The van der Waals surface area contributed by atoms with Gasteiger partial charge in [-0.25, -0.2) is 9.78 Å². The Morgan fingerprint density at radius 3 is 2.86 bits per heavy atom. The summed E-state index contributed by atoms with van der Waals surface area (Å²) in [6, 6.07) is 9.91. The first-order valence-corrected chi connectivity index (χ1v) is 9.43. The number of nitrogens with one attached hydrogen (secondary N) is 1. The number of urea groups is 1. The molecule has 4 heterocycles. The zero-order valence-electron chi connectivity index (χ0n) is 14.7. The van der Waals surface area contributed by atoms with Crippen LogP contribution in [0.1, 0.15) is 18.4 Å². The fourth-order valence-corrected chi connectivity index (χ4v) is 4.11. The number of nitrogens with zero attached hydrogens (tertiary/aromatic N) is 3. The topological polar surface area (TPSA) is 96.9 Å². The van der Waals surface area contributed by atoms with E-state index in [1.807, 2.05) is 18.2 Å². The number of rotatable bonds is 3. The number of hydrogen-bond acceptors (Lipinski definition) is 6. The van der Waals surface area contributed by atoms with E-state index in [0.29, 0.717) is 22.0 Å². The van der Waals surface area contributed by atoms with Gasteiger partial charge < -0.3 is 9.73 Å². The highest BCUT2D eigenvalue weighted by atomic mass is 32.1. The molecule has 140 valence electrons. The second-order valence-corrected chi connectivity index (χ2v) is 7.61. The zero-order valence-corrected chi connectivity index (χ0v) is 15.5. The van der Waals surface area contributed by atoms with Gasteiger partial charge in [0.15, 0.2) is 10.5 Å². The summed E-state index contributed by atoms with van der Waals surface area (Å²) >= 11 is 1.31. The summed E-state index contributed by atoms with van der Waals surface area (Å²) in [7, 11) is 0. The highest BCUT2D eigenvalue weighted by Crippen LogP contribution is 2.33. The van der Waals surface area contributed by atoms with Gasteiger partial charge in [-0.1, -0.05) is 18.2 Å². The second-order valence-electron chi connectivity index (χ2n) is 6.74. The summed E-state index contributed by atoms with van der Waals surface area (Å²) in [5.41, 5.74) is -0.590. The van der Waals surface area contributed by atoms with Crippen LogP contribution in [0.25, 0.3) is 15.9 Å². The van der Waals surface area contributed by atoms with Gasteiger partial charge in [-0.3, -0.25) is 18.9 Å². The maximum Gasteiger partial charge on any atom is 0.325 e. The maximum absolute atomic E-state index is 13.1. The lowest BCUT2D eigenvalue weighted by Gasteiger charge is -2.18. The van der Waals surface area contributed by atoms with Crippen LogP contribution in [-0.2, 0) is 16.9 Å². The molecule has 28 heavy (non-hydrogen) atoms. The Hall–Kier alpha value is -3.46. The molecular formula is C19H14N4O4S. The average Bonchev–Trinajstić information content (AvgIpc) is 3.36. The molecule has 9 heteroatoms. The van der Waals surface area contributed by atoms with Crippen LogP contribution in [0.3, 0.4) is 0 Å². The van der Waals surface area contributed by atoms with Gasteiger partial charge in [-0.05, 0) is 19.1 Å². The first-order valence-electron chi connectivity index (χ1n) is 8.55. The number of carbonyl (C=O) groups is 2. The van der Waals surface area contributed by atoms with Crippen LogP contribution in [-0.4, -0.2) is 26.2 Å². The van der Waals surface area contributed by atoms with Gasteiger partial charge in [0.2, 0.25) is 0 Å². The summed E-state index contributed by atoms with van der Waals surface area (Å²) < 4.78 is 7.22. The molecule has 1 N–H and O–H groups in total. The minimum atomic E-state index is -1.32. The molecule has 1 unspecified atom stereocenters. The smallest absolute Gasteiger partial charge is 0.325 e. The Labute approximate surface area is 162 Å². The van der Waals surface area contributed by atoms with Crippen molar-refractivity contribution in [3.05, 3.63) is 69.8 Å². The molecule has 8 nitrogen and oxygen atoms in total. The minimum absolute atomic E-state index is 0.0931. The largest absolute Gasteiger partial charge is 0.458 e. The number of amides is 3. The lowest BCUT2D eigenvalue weighted by atomic mass is 9.99. The van der Waals surface area contributed by atoms with Crippen molar-refractivity contribution in [2.75, 3.05) is 0 Å². The van der Waals surface area contributed by atoms with E-state index in [2.05, 4.69) is 10.3 Å². The molecule has 1 aromatic carbocycles. The van der Waals surface area contributed by atoms with E-state index in [9.17, 15) is 14.4 Å². The van der Waals surface area contributed by atoms with Crippen molar-refractivity contribution in [1.82, 2.24) is 19.6 Å². The third-order valence-corrected chi connectivity index (χ3v) is 5.63. The predicted octanol–water partition coefficient (Wildman–Crippen LogP) is 2.47. The molecule has 5 rings (SSSR count). The first-order chi connectivity index (χ1) is 13.5. The molecule has 1 aliphatic heterocycles. The zero-order chi connectivity index (χ0) is 19.5. The van der Waals surface area contributed by atoms with Crippen molar-refractivity contribution in [3.63, 3.8) is 0 Å². The van der Waals surface area contributed by atoms with Crippen molar-refractivity contribution in [3.8, 4) is 0 Å². The molecular weight excluding hydrogens is 380 g/mol. The molecule has 1 fully saturated rings. The lowest BCUT2D eigenvalue weighted by Crippen LogP contribution is -2.40. The third-order valence-electron chi connectivity index (χ3n) is 4.87. The highest BCUT2D eigenvalue weighted by molar-refractivity contribution is 7.15. The molecule has 1 saturated heterocycles. The van der Waals surface area contributed by atoms with Gasteiger partial charge in [0.1, 0.15) is 11.3 Å². The molecule has 3 aromatic heterocycles. The van der Waals surface area contributed by atoms with Crippen molar-refractivity contribution in [2.24, 2.45) is 0 Å². The standard InChI is InChI=1S/C19H14N4O4S/c1-19(14-8-11-4-2-3-5-13(11)27-14)16(25)23(17(26)21-19)10-12-9-15(24)22-6-7-28-18(22)20-12/h2-9H,10H2,1H3,(H,21,26). The number of thiazole rings is 1. The number of fused-ring (bicyclic) bond motifs is 2. The van der Waals surface area contributed by atoms with Gasteiger partial charge >= 0.3 is 6.03 Å². The highest BCUT2D eigenvalue weighted by Gasteiger charge is 2.51. The van der Waals surface area contributed by atoms with E-state index in [1.165, 1.54) is 21.8 Å². The number of imide groups is 1. The van der Waals surface area contributed by atoms with Crippen LogP contribution < -0.4 is 10.9 Å². The van der Waals surface area contributed by atoms with Gasteiger partial charge in [0.25, 0.3) is 11.5 Å². The molecule has 3 amide bonds. The quantitative estimate of drug-likeness (QED) is 0.539. The normalized spacial score (nSPS) is 19.7. The minimum Gasteiger partial charge on any atom is -0.458 e. The Morgan fingerprint density at radius 1 is 1.21 bits per heavy atom. The van der Waals surface area contributed by atoms with Crippen LogP contribution in [0.15, 0.2) is 57.2 Å². The summed E-state index contributed by atoms with van der Waals surface area (Å²) in [5, 5.41) is 5.30. The van der Waals surface area contributed by atoms with Crippen LogP contribution in [0.4, 0.5) is 4.79 Å². The van der Waals surface area contributed by atoms with E-state index < -0.39 is 17.5 Å². The lowest BCUT2D eigenvalue weighted by molar-refractivity contribution is -0.132. The average molecular weight is 394 g/mol. The Morgan fingerprint density at radius 2 is 2.04 bits per heavy atom. The molecule has 4 aromatic rings. The number of para-hydroxylation sites is 1. The van der Waals surface area contributed by atoms with E-state index in [-0.39, 0.29) is 12.1 Å². The van der Waals surface area contributed by atoms with Gasteiger partial charge in [-0.15, -0.1) is 11.3 Å². The van der Waals surface area contributed by atoms with Crippen LogP contribution in [0.5, 0.6) is 0 Å². The molecule has 0 aliphatic carbocycles. The Bertz CT molecular complexity index is 1290. The molecule has 0 saturated carbocycles. The summed E-state index contributed by atoms with van der Waals surface area (Å²) in [4.78, 5) is 43.7. The maximum atomic E-state index is 13.1. The van der Waals surface area contributed by atoms with Crippen molar-refractivity contribution in [1.29, 1.82) is 0 Å². The first kappa shape index (κ1) is 16.7. The Balaban J connectivity index is 1.50. The number of hydrogen-bond donors (Lipinski definition) is 1. The van der Waals surface area contributed by atoms with Gasteiger partial charge in [0.05, 0.1) is 12.2 Å². The second kappa shape index (κ2) is 5.77. The van der Waals surface area contributed by atoms with Crippen molar-refractivity contribution < 1.29 is 14.0 Å². The van der Waals surface area contributed by atoms with Crippen LogP contribution in [0.2, 0.25) is 0 Å².